The maximum atomic E-state index is 5.96. The lowest BCUT2D eigenvalue weighted by atomic mass is 9.94. The summed E-state index contributed by atoms with van der Waals surface area (Å²) in [7, 11) is -0.367. The van der Waals surface area contributed by atoms with Crippen LogP contribution in [0.2, 0.25) is 23.2 Å². The van der Waals surface area contributed by atoms with E-state index in [1.807, 2.05) is 12.1 Å². The number of unbranched alkanes of at least 4 members (excludes halogenated alkanes) is 3. The minimum absolute atomic E-state index is 0.367. The summed E-state index contributed by atoms with van der Waals surface area (Å²) in [6.07, 6.45) is 8.66. The molecule has 0 unspecified atom stereocenters. The van der Waals surface area contributed by atoms with Crippen molar-refractivity contribution in [2.24, 2.45) is 0 Å². The number of benzene rings is 1. The average Bonchev–Trinajstić information content (AvgIpc) is 2.45. The van der Waals surface area contributed by atoms with Crippen molar-refractivity contribution < 1.29 is 0 Å². The number of hydrogen-bond donors (Lipinski definition) is 0. The van der Waals surface area contributed by atoms with Crippen LogP contribution in [0.5, 0.6) is 0 Å². The van der Waals surface area contributed by atoms with Gasteiger partial charge in [-0.05, 0) is 36.5 Å². The molecule has 1 aromatic carbocycles. The van der Waals surface area contributed by atoms with E-state index < -0.39 is 0 Å². The third-order valence-electron chi connectivity index (χ3n) is 4.65. The Morgan fingerprint density at radius 2 is 1.74 bits per heavy atom. The second-order valence-corrected chi connectivity index (χ2v) is 10.0. The zero-order valence-electron chi connectivity index (χ0n) is 12.2. The minimum atomic E-state index is -0.367. The largest absolute Gasteiger partial charge is 0.0843 e. The quantitative estimate of drug-likeness (QED) is 0.444. The summed E-state index contributed by atoms with van der Waals surface area (Å²) >= 11 is 5.96. The van der Waals surface area contributed by atoms with E-state index in [2.05, 4.69) is 19.1 Å². The monoisotopic (exact) mass is 294 g/mol. The molecule has 0 nitrogen and oxygen atoms in total. The van der Waals surface area contributed by atoms with Crippen LogP contribution in [0.3, 0.4) is 0 Å². The van der Waals surface area contributed by atoms with Gasteiger partial charge in [0.15, 0.2) is 0 Å². The highest BCUT2D eigenvalue weighted by Gasteiger charge is 2.22. The van der Waals surface area contributed by atoms with Gasteiger partial charge in [-0.3, -0.25) is 0 Å². The van der Waals surface area contributed by atoms with Crippen molar-refractivity contribution in [1.29, 1.82) is 0 Å². The van der Waals surface area contributed by atoms with Gasteiger partial charge in [-0.15, -0.1) is 0 Å². The molecule has 0 radical (unpaired) electrons. The number of rotatable bonds is 6. The van der Waals surface area contributed by atoms with Crippen molar-refractivity contribution in [2.75, 3.05) is 0 Å². The minimum Gasteiger partial charge on any atom is -0.0843 e. The Labute approximate surface area is 125 Å². The molecule has 0 aliphatic carbocycles. The molecule has 1 aromatic rings. The molecule has 0 N–H and O–H groups in total. The molecule has 106 valence electrons. The zero-order valence-corrected chi connectivity index (χ0v) is 14.1. The molecule has 0 bridgehead atoms. The van der Waals surface area contributed by atoms with E-state index in [1.165, 1.54) is 44.1 Å². The third-order valence-corrected chi connectivity index (χ3v) is 8.43. The van der Waals surface area contributed by atoms with E-state index in [0.29, 0.717) is 0 Å². The first-order chi connectivity index (χ1) is 9.29. The van der Waals surface area contributed by atoms with Gasteiger partial charge in [-0.1, -0.05) is 74.5 Å². The first-order valence-electron chi connectivity index (χ1n) is 8.05. The standard InChI is InChI=1S/C17H27ClSi/c1-2-3-4-5-12-19-13-10-16(11-14-19)15-6-8-17(18)9-7-15/h6-9,16,19H,2-5,10-14H2,1H3. The predicted octanol–water partition coefficient (Wildman–Crippen LogP) is 6.02. The summed E-state index contributed by atoms with van der Waals surface area (Å²) in [5.74, 6) is 0.816. The van der Waals surface area contributed by atoms with Crippen molar-refractivity contribution in [3.63, 3.8) is 0 Å². The van der Waals surface area contributed by atoms with Crippen LogP contribution in [0.4, 0.5) is 0 Å². The Balaban J connectivity index is 1.71. The van der Waals surface area contributed by atoms with Crippen molar-refractivity contribution >= 4 is 20.4 Å². The van der Waals surface area contributed by atoms with E-state index in [1.54, 1.807) is 18.1 Å². The first kappa shape index (κ1) is 15.1. The Bertz CT molecular complexity index is 352. The second kappa shape index (κ2) is 8.11. The molecule has 2 rings (SSSR count). The summed E-state index contributed by atoms with van der Waals surface area (Å²) in [6, 6.07) is 13.3. The highest BCUT2D eigenvalue weighted by atomic mass is 35.5. The highest BCUT2D eigenvalue weighted by molar-refractivity contribution is 6.59. The van der Waals surface area contributed by atoms with E-state index >= 15 is 0 Å². The summed E-state index contributed by atoms with van der Waals surface area (Å²) < 4.78 is 0. The van der Waals surface area contributed by atoms with Gasteiger partial charge in [0.25, 0.3) is 0 Å². The normalized spacial score (nSPS) is 23.5. The van der Waals surface area contributed by atoms with Crippen LogP contribution in [-0.4, -0.2) is 8.80 Å². The van der Waals surface area contributed by atoms with Gasteiger partial charge < -0.3 is 0 Å². The predicted molar refractivity (Wildman–Crippen MR) is 89.1 cm³/mol. The molecule has 0 aromatic heterocycles. The van der Waals surface area contributed by atoms with Crippen molar-refractivity contribution in [1.82, 2.24) is 0 Å². The van der Waals surface area contributed by atoms with Gasteiger partial charge in [0.2, 0.25) is 0 Å². The lowest BCUT2D eigenvalue weighted by molar-refractivity contribution is 0.602. The maximum Gasteiger partial charge on any atom is 0.0406 e. The van der Waals surface area contributed by atoms with Crippen LogP contribution in [0.1, 0.15) is 56.9 Å². The molecule has 2 heteroatoms. The number of hydrogen-bond acceptors (Lipinski definition) is 0. The topological polar surface area (TPSA) is 0 Å². The van der Waals surface area contributed by atoms with Crippen molar-refractivity contribution in [3.8, 4) is 0 Å². The van der Waals surface area contributed by atoms with Gasteiger partial charge in [-0.2, -0.15) is 0 Å². The van der Waals surface area contributed by atoms with E-state index in [-0.39, 0.29) is 8.80 Å². The molecule has 0 saturated carbocycles. The fraction of sp³-hybridized carbons (Fsp3) is 0.647. The lowest BCUT2D eigenvalue weighted by Crippen LogP contribution is -2.20. The summed E-state index contributed by atoms with van der Waals surface area (Å²) in [5.41, 5.74) is 1.52. The van der Waals surface area contributed by atoms with E-state index in [9.17, 15) is 0 Å². The van der Waals surface area contributed by atoms with E-state index in [4.69, 9.17) is 11.6 Å². The smallest absolute Gasteiger partial charge is 0.0406 e. The number of halogens is 1. The van der Waals surface area contributed by atoms with Gasteiger partial charge >= 0.3 is 0 Å². The van der Waals surface area contributed by atoms with Gasteiger partial charge in [0.05, 0.1) is 0 Å². The SMILES string of the molecule is CCCCCC[SiH]1CCC(c2ccc(Cl)cc2)CC1. The molecule has 1 heterocycles. The van der Waals surface area contributed by atoms with Crippen LogP contribution in [0.15, 0.2) is 24.3 Å². The Kier molecular flexibility index (Phi) is 6.46. The van der Waals surface area contributed by atoms with Crippen molar-refractivity contribution in [3.05, 3.63) is 34.9 Å². The van der Waals surface area contributed by atoms with Crippen LogP contribution in [0, 0.1) is 0 Å². The Hall–Kier alpha value is -0.273. The maximum absolute atomic E-state index is 5.96. The fourth-order valence-corrected chi connectivity index (χ4v) is 6.98. The molecule has 19 heavy (non-hydrogen) atoms. The van der Waals surface area contributed by atoms with Gasteiger partial charge in [0.1, 0.15) is 0 Å². The van der Waals surface area contributed by atoms with E-state index in [0.717, 1.165) is 10.9 Å². The van der Waals surface area contributed by atoms with Gasteiger partial charge in [0, 0.05) is 13.8 Å². The first-order valence-corrected chi connectivity index (χ1v) is 10.9. The molecule has 0 atom stereocenters. The Morgan fingerprint density at radius 1 is 1.05 bits per heavy atom. The van der Waals surface area contributed by atoms with Crippen molar-refractivity contribution in [2.45, 2.75) is 69.5 Å². The average molecular weight is 295 g/mol. The summed E-state index contributed by atoms with van der Waals surface area (Å²) in [6.45, 7) is 2.30. The molecular weight excluding hydrogens is 268 g/mol. The molecule has 1 saturated heterocycles. The van der Waals surface area contributed by atoms with Gasteiger partial charge in [-0.25, -0.2) is 0 Å². The highest BCUT2D eigenvalue weighted by Crippen LogP contribution is 2.35. The van der Waals surface area contributed by atoms with Crippen LogP contribution < -0.4 is 0 Å². The van der Waals surface area contributed by atoms with Crippen LogP contribution in [0.25, 0.3) is 0 Å². The molecule has 1 aliphatic rings. The fourth-order valence-electron chi connectivity index (χ4n) is 3.38. The van der Waals surface area contributed by atoms with Crippen LogP contribution in [-0.2, 0) is 0 Å². The third kappa shape index (κ3) is 4.96. The summed E-state index contributed by atoms with van der Waals surface area (Å²) in [5, 5.41) is 0.864. The zero-order chi connectivity index (χ0) is 13.5. The molecule has 1 aliphatic heterocycles. The molecule has 0 amide bonds. The summed E-state index contributed by atoms with van der Waals surface area (Å²) in [4.78, 5) is 0. The second-order valence-electron chi connectivity index (χ2n) is 6.12. The molecular formula is C17H27ClSi. The molecule has 1 fully saturated rings. The molecule has 0 spiro atoms. The van der Waals surface area contributed by atoms with Crippen LogP contribution >= 0.6 is 11.6 Å². The Morgan fingerprint density at radius 3 is 2.37 bits per heavy atom. The lowest BCUT2D eigenvalue weighted by Gasteiger charge is -2.28.